The summed E-state index contributed by atoms with van der Waals surface area (Å²) in [6, 6.07) is 6.43. The van der Waals surface area contributed by atoms with Crippen molar-refractivity contribution in [3.05, 3.63) is 34.9 Å². The SMILES string of the molecule is Cc1cc(CCC(=O)N2CCCN(C(=O)OC(C)(C)C)CC2)cc(C(C)(C)C(=O)N[C@H]2[C@@H]3CC4C[C@H]2C[C@](O)(C4)C3)c1. The largest absolute Gasteiger partial charge is 0.444 e. The zero-order valence-electron chi connectivity index (χ0n) is 26.5. The Morgan fingerprint density at radius 2 is 1.60 bits per heavy atom. The number of hydrogen-bond donors (Lipinski definition) is 2. The third kappa shape index (κ3) is 6.79. The zero-order chi connectivity index (χ0) is 30.4. The Kier molecular flexibility index (Phi) is 8.42. The molecule has 1 unspecified atom stereocenters. The van der Waals surface area contributed by atoms with E-state index in [1.54, 1.807) is 4.90 Å². The van der Waals surface area contributed by atoms with Gasteiger partial charge >= 0.3 is 6.09 Å². The average Bonchev–Trinajstić information content (AvgIpc) is 3.14. The molecule has 8 nitrogen and oxygen atoms in total. The highest BCUT2D eigenvalue weighted by Gasteiger charge is 2.55. The van der Waals surface area contributed by atoms with E-state index < -0.39 is 16.6 Å². The Morgan fingerprint density at radius 3 is 2.24 bits per heavy atom. The summed E-state index contributed by atoms with van der Waals surface area (Å²) in [6.07, 6.45) is 6.17. The smallest absolute Gasteiger partial charge is 0.410 e. The highest BCUT2D eigenvalue weighted by molar-refractivity contribution is 5.87. The second-order valence-corrected chi connectivity index (χ2v) is 15.2. The van der Waals surface area contributed by atoms with Gasteiger partial charge < -0.3 is 25.0 Å². The zero-order valence-corrected chi connectivity index (χ0v) is 26.5. The van der Waals surface area contributed by atoms with Crippen molar-refractivity contribution >= 4 is 17.9 Å². The topological polar surface area (TPSA) is 99.2 Å². The first-order chi connectivity index (χ1) is 19.6. The summed E-state index contributed by atoms with van der Waals surface area (Å²) in [4.78, 5) is 43.0. The van der Waals surface area contributed by atoms with Gasteiger partial charge in [-0.3, -0.25) is 9.59 Å². The number of aliphatic hydroxyl groups is 1. The number of carbonyl (C=O) groups excluding carboxylic acids is 3. The van der Waals surface area contributed by atoms with E-state index in [-0.39, 0.29) is 23.9 Å². The lowest BCUT2D eigenvalue weighted by molar-refractivity contribution is -0.148. The van der Waals surface area contributed by atoms with E-state index in [1.807, 2.05) is 46.4 Å². The van der Waals surface area contributed by atoms with E-state index in [1.165, 1.54) is 0 Å². The van der Waals surface area contributed by atoms with E-state index in [9.17, 15) is 19.5 Å². The fraction of sp³-hybridized carbons (Fsp3) is 0.735. The van der Waals surface area contributed by atoms with Gasteiger partial charge in [0.1, 0.15) is 5.60 Å². The molecule has 5 atom stereocenters. The lowest BCUT2D eigenvalue weighted by Crippen LogP contribution is -2.62. The number of ether oxygens (including phenoxy) is 1. The van der Waals surface area contributed by atoms with Crippen molar-refractivity contribution in [2.75, 3.05) is 26.2 Å². The highest BCUT2D eigenvalue weighted by atomic mass is 16.6. The van der Waals surface area contributed by atoms with Crippen molar-refractivity contribution in [2.24, 2.45) is 17.8 Å². The van der Waals surface area contributed by atoms with E-state index in [4.69, 9.17) is 4.74 Å². The minimum absolute atomic E-state index is 0.0405. The van der Waals surface area contributed by atoms with E-state index in [0.717, 1.165) is 55.2 Å². The van der Waals surface area contributed by atoms with Gasteiger partial charge in [0, 0.05) is 38.6 Å². The van der Waals surface area contributed by atoms with Gasteiger partial charge in [0.2, 0.25) is 11.8 Å². The predicted molar refractivity (Wildman–Crippen MR) is 162 cm³/mol. The minimum atomic E-state index is -0.716. The first kappa shape index (κ1) is 30.8. The van der Waals surface area contributed by atoms with Gasteiger partial charge in [-0.25, -0.2) is 4.79 Å². The molecule has 8 heteroatoms. The van der Waals surface area contributed by atoms with E-state index in [2.05, 4.69) is 23.5 Å². The van der Waals surface area contributed by atoms with Gasteiger partial charge in [-0.2, -0.15) is 0 Å². The molecule has 4 bridgehead atoms. The quantitative estimate of drug-likeness (QED) is 0.506. The molecule has 2 N–H and O–H groups in total. The Balaban J connectivity index is 1.18. The summed E-state index contributed by atoms with van der Waals surface area (Å²) in [7, 11) is 0. The molecule has 0 spiro atoms. The fourth-order valence-electron chi connectivity index (χ4n) is 8.13. The Morgan fingerprint density at radius 1 is 0.952 bits per heavy atom. The predicted octanol–water partition coefficient (Wildman–Crippen LogP) is 4.73. The Bertz CT molecular complexity index is 1190. The monoisotopic (exact) mass is 581 g/mol. The first-order valence-corrected chi connectivity index (χ1v) is 16.0. The third-order valence-corrected chi connectivity index (χ3v) is 10.1. The number of hydrogen-bond acceptors (Lipinski definition) is 5. The molecule has 5 aliphatic rings. The van der Waals surface area contributed by atoms with Crippen molar-refractivity contribution < 1.29 is 24.2 Å². The van der Waals surface area contributed by atoms with Gasteiger partial charge in [0.05, 0.1) is 11.0 Å². The van der Waals surface area contributed by atoms with Crippen molar-refractivity contribution in [3.63, 3.8) is 0 Å². The van der Waals surface area contributed by atoms with Crippen LogP contribution in [-0.2, 0) is 26.2 Å². The van der Waals surface area contributed by atoms with Crippen LogP contribution in [0.1, 0.15) is 96.3 Å². The standard InChI is InChI=1S/C34H51N3O5/c1-22-14-23(8-9-28(38)36-10-7-11-37(13-12-36)31(40)42-32(2,3)4)18-27(15-22)33(5,6)30(39)35-29-25-16-24-17-26(29)21-34(41,19-24)20-25/h14-15,18,24-26,29,41H,7-13,16-17,19-21H2,1-6H3,(H,35,39)/t24?,25-,26+,29+,34+. The molecule has 1 aliphatic heterocycles. The average molecular weight is 582 g/mol. The van der Waals surface area contributed by atoms with Crippen LogP contribution >= 0.6 is 0 Å². The van der Waals surface area contributed by atoms with Crippen LogP contribution in [0.25, 0.3) is 0 Å². The molecule has 1 heterocycles. The van der Waals surface area contributed by atoms with Gasteiger partial charge in [0.15, 0.2) is 0 Å². The van der Waals surface area contributed by atoms with Crippen molar-refractivity contribution in [3.8, 4) is 0 Å². The normalized spacial score (nSPS) is 29.3. The molecule has 42 heavy (non-hydrogen) atoms. The third-order valence-electron chi connectivity index (χ3n) is 10.1. The van der Waals surface area contributed by atoms with Crippen molar-refractivity contribution in [1.29, 1.82) is 0 Å². The van der Waals surface area contributed by atoms with Crippen molar-refractivity contribution in [2.45, 2.75) is 116 Å². The number of carbonyl (C=O) groups is 3. The van der Waals surface area contributed by atoms with Crippen LogP contribution in [-0.4, -0.2) is 76.2 Å². The Hall–Kier alpha value is -2.61. The minimum Gasteiger partial charge on any atom is -0.444 e. The van der Waals surface area contributed by atoms with Crippen LogP contribution in [0, 0.1) is 24.7 Å². The molecule has 232 valence electrons. The Labute approximate surface area is 251 Å². The highest BCUT2D eigenvalue weighted by Crippen LogP contribution is 2.55. The van der Waals surface area contributed by atoms with E-state index >= 15 is 0 Å². The summed E-state index contributed by atoms with van der Waals surface area (Å²) in [6.45, 7) is 13.8. The van der Waals surface area contributed by atoms with E-state index in [0.29, 0.717) is 56.8 Å². The number of benzene rings is 1. The molecule has 6 rings (SSSR count). The maximum atomic E-state index is 13.7. The molecular formula is C34H51N3O5. The maximum absolute atomic E-state index is 13.7. The van der Waals surface area contributed by atoms with Crippen LogP contribution in [0.4, 0.5) is 4.79 Å². The summed E-state index contributed by atoms with van der Waals surface area (Å²) < 4.78 is 5.52. The molecule has 3 amide bonds. The molecule has 0 radical (unpaired) electrons. The number of nitrogens with one attached hydrogen (secondary N) is 1. The summed E-state index contributed by atoms with van der Waals surface area (Å²) in [5, 5.41) is 14.4. The van der Waals surface area contributed by atoms with Crippen LogP contribution < -0.4 is 5.32 Å². The van der Waals surface area contributed by atoms with Gasteiger partial charge in [-0.1, -0.05) is 23.8 Å². The van der Waals surface area contributed by atoms with Gasteiger partial charge in [0.25, 0.3) is 0 Å². The maximum Gasteiger partial charge on any atom is 0.410 e. The number of rotatable bonds is 6. The number of aryl methyl sites for hydroxylation is 2. The van der Waals surface area contributed by atoms with Crippen LogP contribution in [0.3, 0.4) is 0 Å². The van der Waals surface area contributed by atoms with Crippen LogP contribution in [0.2, 0.25) is 0 Å². The molecule has 1 saturated heterocycles. The summed E-state index contributed by atoms with van der Waals surface area (Å²) in [5.74, 6) is 1.47. The van der Waals surface area contributed by atoms with Gasteiger partial charge in [-0.05, 0) is 115 Å². The second kappa shape index (κ2) is 11.5. The lowest BCUT2D eigenvalue weighted by Gasteiger charge is -2.58. The van der Waals surface area contributed by atoms with Crippen molar-refractivity contribution in [1.82, 2.24) is 15.1 Å². The molecule has 4 aliphatic carbocycles. The number of nitrogens with zero attached hydrogens (tertiary/aromatic N) is 2. The first-order valence-electron chi connectivity index (χ1n) is 16.0. The van der Waals surface area contributed by atoms with Gasteiger partial charge in [-0.15, -0.1) is 0 Å². The lowest BCUT2D eigenvalue weighted by atomic mass is 9.52. The van der Waals surface area contributed by atoms with Crippen LogP contribution in [0.5, 0.6) is 0 Å². The molecule has 0 aromatic heterocycles. The summed E-state index contributed by atoms with van der Waals surface area (Å²) >= 11 is 0. The summed E-state index contributed by atoms with van der Waals surface area (Å²) in [5.41, 5.74) is 1.33. The van der Waals surface area contributed by atoms with Crippen LogP contribution in [0.15, 0.2) is 18.2 Å². The molecular weight excluding hydrogens is 530 g/mol. The molecule has 1 aromatic rings. The molecule has 5 fully saturated rings. The second-order valence-electron chi connectivity index (χ2n) is 15.2. The number of amides is 3. The fourth-order valence-corrected chi connectivity index (χ4v) is 8.13. The molecule has 1 aromatic carbocycles. The molecule has 4 saturated carbocycles.